The third-order valence-electron chi connectivity index (χ3n) is 7.10. The molecule has 2 amide bonds. The number of hydrogen-bond acceptors (Lipinski definition) is 6. The van der Waals surface area contributed by atoms with Gasteiger partial charge in [0.1, 0.15) is 6.04 Å². The van der Waals surface area contributed by atoms with Gasteiger partial charge in [-0.2, -0.15) is 0 Å². The van der Waals surface area contributed by atoms with Gasteiger partial charge < -0.3 is 25.3 Å². The molecule has 4 rings (SSSR count). The van der Waals surface area contributed by atoms with Crippen molar-refractivity contribution in [3.8, 4) is 0 Å². The van der Waals surface area contributed by atoms with Gasteiger partial charge in [0.2, 0.25) is 11.8 Å². The monoisotopic (exact) mass is 565 g/mol. The molecule has 1 aliphatic rings. The highest BCUT2D eigenvalue weighted by molar-refractivity contribution is 7.50. The van der Waals surface area contributed by atoms with Gasteiger partial charge in [-0.3, -0.25) is 24.1 Å². The predicted molar refractivity (Wildman–Crippen MR) is 151 cm³/mol. The predicted octanol–water partition coefficient (Wildman–Crippen LogP) is 2.74. The second-order valence-electron chi connectivity index (χ2n) is 10.2. The molecule has 10 nitrogen and oxygen atoms in total. The van der Waals surface area contributed by atoms with Gasteiger partial charge in [0.15, 0.2) is 0 Å². The number of hydrogen-bond donors (Lipinski definition) is 4. The number of carbonyl (C=O) groups excluding carboxylic acids is 2. The van der Waals surface area contributed by atoms with Gasteiger partial charge in [-0.15, -0.1) is 0 Å². The minimum absolute atomic E-state index is 0.200. The Morgan fingerprint density at radius 2 is 1.75 bits per heavy atom. The van der Waals surface area contributed by atoms with E-state index in [4.69, 9.17) is 4.98 Å². The Balaban J connectivity index is 1.54. The van der Waals surface area contributed by atoms with Crippen LogP contribution < -0.4 is 10.6 Å². The molecule has 1 aromatic heterocycles. The SMILES string of the molecule is CN[C@@H](C)C(=O)N[C@@H](Cc1ccc(CP(=O)(O)O)cc1)C(=O)N1CCC[C@@H]1c1cncc(Cc2ccccc2)n1. The Hall–Kier alpha value is -3.43. The summed E-state index contributed by atoms with van der Waals surface area (Å²) in [6.45, 7) is 2.27. The lowest BCUT2D eigenvalue weighted by Crippen LogP contribution is -2.53. The largest absolute Gasteiger partial charge is 0.343 e. The van der Waals surface area contributed by atoms with Crippen LogP contribution in [0, 0.1) is 0 Å². The lowest BCUT2D eigenvalue weighted by molar-refractivity contribution is -0.137. The molecule has 4 N–H and O–H groups in total. The number of amides is 2. The summed E-state index contributed by atoms with van der Waals surface area (Å²) < 4.78 is 11.4. The molecular weight excluding hydrogens is 529 g/mol. The standard InChI is InChI=1S/C29H36N5O5P/c1-20(30-2)28(35)33-25(16-22-10-12-23(13-11-22)19-40(37,38)39)29(36)34-14-6-9-27(34)26-18-31-17-24(32-26)15-21-7-4-3-5-8-21/h3-5,7-8,10-13,17-18,20,25,27,30H,6,9,14-16,19H2,1-2H3,(H,33,35)(H2,37,38,39)/t20-,25-,27+/m0/s1. The Morgan fingerprint density at radius 1 is 1.05 bits per heavy atom. The molecule has 2 aromatic carbocycles. The number of likely N-dealkylation sites (N-methyl/N-ethyl adjacent to an activating group) is 1. The van der Waals surface area contributed by atoms with Gasteiger partial charge in [-0.05, 0) is 43.5 Å². The first-order valence-electron chi connectivity index (χ1n) is 13.4. The molecule has 0 bridgehead atoms. The van der Waals surface area contributed by atoms with Crippen molar-refractivity contribution in [2.75, 3.05) is 13.6 Å². The zero-order chi connectivity index (χ0) is 28.7. The molecule has 3 aromatic rings. The average Bonchev–Trinajstić information content (AvgIpc) is 3.43. The van der Waals surface area contributed by atoms with Crippen molar-refractivity contribution in [3.05, 3.63) is 95.1 Å². The van der Waals surface area contributed by atoms with Crippen LogP contribution in [-0.4, -0.2) is 62.1 Å². The zero-order valence-corrected chi connectivity index (χ0v) is 23.6. The van der Waals surface area contributed by atoms with Gasteiger partial charge in [0.05, 0.1) is 35.8 Å². The second-order valence-corrected chi connectivity index (χ2v) is 11.8. The van der Waals surface area contributed by atoms with Gasteiger partial charge in [-0.1, -0.05) is 54.6 Å². The molecule has 0 aliphatic carbocycles. The van der Waals surface area contributed by atoms with Crippen LogP contribution in [0.1, 0.15) is 53.9 Å². The van der Waals surface area contributed by atoms with Crippen LogP contribution in [0.3, 0.4) is 0 Å². The normalized spacial score (nSPS) is 16.9. The van der Waals surface area contributed by atoms with Crippen molar-refractivity contribution in [1.29, 1.82) is 0 Å². The molecule has 0 radical (unpaired) electrons. The fourth-order valence-corrected chi connectivity index (χ4v) is 5.58. The lowest BCUT2D eigenvalue weighted by atomic mass is 10.0. The maximum absolute atomic E-state index is 14.0. The van der Waals surface area contributed by atoms with E-state index in [1.165, 1.54) is 0 Å². The summed E-state index contributed by atoms with van der Waals surface area (Å²) in [4.78, 5) is 56.3. The fourth-order valence-electron chi connectivity index (χ4n) is 4.89. The highest BCUT2D eigenvalue weighted by Gasteiger charge is 2.36. The quantitative estimate of drug-likeness (QED) is 0.260. The molecule has 0 spiro atoms. The Morgan fingerprint density at radius 3 is 2.42 bits per heavy atom. The molecule has 0 unspecified atom stereocenters. The first kappa shape index (κ1) is 29.6. The van der Waals surface area contributed by atoms with E-state index in [2.05, 4.69) is 15.6 Å². The van der Waals surface area contributed by atoms with Gasteiger partial charge in [0.25, 0.3) is 0 Å². The van der Waals surface area contributed by atoms with Crippen LogP contribution in [-0.2, 0) is 33.2 Å². The maximum atomic E-state index is 14.0. The number of benzene rings is 2. The number of nitrogens with one attached hydrogen (secondary N) is 2. The number of aromatic nitrogens is 2. The number of nitrogens with zero attached hydrogens (tertiary/aromatic N) is 3. The van der Waals surface area contributed by atoms with Crippen molar-refractivity contribution in [3.63, 3.8) is 0 Å². The first-order chi connectivity index (χ1) is 19.1. The minimum atomic E-state index is -4.19. The summed E-state index contributed by atoms with van der Waals surface area (Å²) >= 11 is 0. The number of rotatable bonds is 11. The van der Waals surface area contributed by atoms with Crippen molar-refractivity contribution in [2.24, 2.45) is 0 Å². The van der Waals surface area contributed by atoms with Crippen LogP contribution in [0.4, 0.5) is 0 Å². The average molecular weight is 566 g/mol. The van der Waals surface area contributed by atoms with Crippen molar-refractivity contribution < 1.29 is 23.9 Å². The number of likely N-dealkylation sites (tertiary alicyclic amines) is 1. The molecule has 1 saturated heterocycles. The van der Waals surface area contributed by atoms with E-state index < -0.39 is 19.7 Å². The molecular formula is C29H36N5O5P. The fraction of sp³-hybridized carbons (Fsp3) is 0.379. The zero-order valence-electron chi connectivity index (χ0n) is 22.7. The van der Waals surface area contributed by atoms with Crippen molar-refractivity contribution >= 4 is 19.4 Å². The first-order valence-corrected chi connectivity index (χ1v) is 15.2. The highest BCUT2D eigenvalue weighted by atomic mass is 31.2. The van der Waals surface area contributed by atoms with Gasteiger partial charge in [0, 0.05) is 25.6 Å². The number of carbonyl (C=O) groups is 2. The van der Waals surface area contributed by atoms with Crippen molar-refractivity contribution in [1.82, 2.24) is 25.5 Å². The van der Waals surface area contributed by atoms with Crippen LogP contribution in [0.5, 0.6) is 0 Å². The van der Waals surface area contributed by atoms with E-state index >= 15 is 0 Å². The van der Waals surface area contributed by atoms with E-state index in [9.17, 15) is 23.9 Å². The smallest absolute Gasteiger partial charge is 0.329 e. The molecule has 1 fully saturated rings. The van der Waals surface area contributed by atoms with E-state index in [0.29, 0.717) is 18.5 Å². The van der Waals surface area contributed by atoms with E-state index in [1.807, 2.05) is 30.3 Å². The minimum Gasteiger partial charge on any atom is -0.343 e. The summed E-state index contributed by atoms with van der Waals surface area (Å²) in [7, 11) is -2.51. The van der Waals surface area contributed by atoms with Gasteiger partial charge >= 0.3 is 7.60 Å². The maximum Gasteiger partial charge on any atom is 0.329 e. The summed E-state index contributed by atoms with van der Waals surface area (Å²) in [5, 5.41) is 5.81. The van der Waals surface area contributed by atoms with E-state index in [-0.39, 0.29) is 30.4 Å². The molecule has 212 valence electrons. The van der Waals surface area contributed by atoms with E-state index in [1.54, 1.807) is 55.5 Å². The highest BCUT2D eigenvalue weighted by Crippen LogP contribution is 2.39. The molecule has 2 heterocycles. The van der Waals surface area contributed by atoms with Crippen LogP contribution >= 0.6 is 7.60 Å². The molecule has 11 heteroatoms. The van der Waals surface area contributed by atoms with Crippen LogP contribution in [0.2, 0.25) is 0 Å². The lowest BCUT2D eigenvalue weighted by Gasteiger charge is -2.30. The molecule has 40 heavy (non-hydrogen) atoms. The third-order valence-corrected chi connectivity index (χ3v) is 7.88. The summed E-state index contributed by atoms with van der Waals surface area (Å²) in [5.41, 5.74) is 3.95. The van der Waals surface area contributed by atoms with Crippen LogP contribution in [0.25, 0.3) is 0 Å². The third kappa shape index (κ3) is 8.05. The molecule has 0 saturated carbocycles. The van der Waals surface area contributed by atoms with Crippen LogP contribution in [0.15, 0.2) is 67.0 Å². The topological polar surface area (TPSA) is 145 Å². The van der Waals surface area contributed by atoms with Gasteiger partial charge in [-0.25, -0.2) is 0 Å². The Labute approximate surface area is 234 Å². The van der Waals surface area contributed by atoms with Crippen molar-refractivity contribution in [2.45, 2.75) is 56.9 Å². The Kier molecular flexibility index (Phi) is 9.81. The second kappa shape index (κ2) is 13.3. The molecule has 3 atom stereocenters. The summed E-state index contributed by atoms with van der Waals surface area (Å²) in [5.74, 6) is -0.493. The summed E-state index contributed by atoms with van der Waals surface area (Å²) in [6.07, 6.45) is 5.54. The van der Waals surface area contributed by atoms with E-state index in [0.717, 1.165) is 35.4 Å². The summed E-state index contributed by atoms with van der Waals surface area (Å²) in [6, 6.07) is 15.2. The molecule has 1 aliphatic heterocycles. The Bertz CT molecular complexity index is 1350.